The summed E-state index contributed by atoms with van der Waals surface area (Å²) in [5.41, 5.74) is 2.56. The van der Waals surface area contributed by atoms with E-state index in [-0.39, 0.29) is 22.2 Å². The summed E-state index contributed by atoms with van der Waals surface area (Å²) in [7, 11) is 1.62. The third-order valence-electron chi connectivity index (χ3n) is 2.62. The van der Waals surface area contributed by atoms with Crippen LogP contribution in [0.4, 0.5) is 5.69 Å². The van der Waals surface area contributed by atoms with E-state index in [9.17, 15) is 14.9 Å². The quantitative estimate of drug-likeness (QED) is 0.642. The molecule has 20 heavy (non-hydrogen) atoms. The number of nitro groups is 1. The van der Waals surface area contributed by atoms with Crippen molar-refractivity contribution < 1.29 is 9.72 Å². The molecule has 104 valence electrons. The molecule has 1 heterocycles. The zero-order chi connectivity index (χ0) is 14.7. The van der Waals surface area contributed by atoms with Crippen molar-refractivity contribution in [3.8, 4) is 0 Å². The van der Waals surface area contributed by atoms with E-state index in [0.29, 0.717) is 6.54 Å². The van der Waals surface area contributed by atoms with Gasteiger partial charge in [-0.15, -0.1) is 11.3 Å². The van der Waals surface area contributed by atoms with Crippen molar-refractivity contribution in [2.45, 2.75) is 6.54 Å². The Labute approximate surface area is 123 Å². The molecule has 0 N–H and O–H groups in total. The van der Waals surface area contributed by atoms with Crippen LogP contribution in [-0.4, -0.2) is 27.8 Å². The Hall–Kier alpha value is -1.99. The zero-order valence-corrected chi connectivity index (χ0v) is 12.0. The Kier molecular flexibility index (Phi) is 4.31. The smallest absolute Gasteiger partial charge is 0.270 e. The summed E-state index contributed by atoms with van der Waals surface area (Å²) in [5, 5.41) is 12.5. The Bertz CT molecular complexity index is 645. The van der Waals surface area contributed by atoms with Gasteiger partial charge in [-0.05, 0) is 6.07 Å². The number of aromatic nitrogens is 1. The summed E-state index contributed by atoms with van der Waals surface area (Å²) >= 11 is 7.38. The van der Waals surface area contributed by atoms with Crippen molar-refractivity contribution >= 4 is 34.5 Å². The molecular weight excluding hydrogens is 302 g/mol. The normalized spacial score (nSPS) is 10.3. The maximum atomic E-state index is 12.2. The van der Waals surface area contributed by atoms with Gasteiger partial charge in [0.15, 0.2) is 0 Å². The molecule has 2 rings (SSSR count). The molecule has 8 heteroatoms. The lowest BCUT2D eigenvalue weighted by Gasteiger charge is -2.16. The van der Waals surface area contributed by atoms with Gasteiger partial charge in [0.25, 0.3) is 11.6 Å². The molecule has 0 fully saturated rings. The minimum Gasteiger partial charge on any atom is -0.336 e. The number of nitrogens with zero attached hydrogens (tertiary/aromatic N) is 3. The number of carbonyl (C=O) groups is 1. The van der Waals surface area contributed by atoms with Gasteiger partial charge in [0.1, 0.15) is 0 Å². The van der Waals surface area contributed by atoms with Crippen molar-refractivity contribution in [2.24, 2.45) is 0 Å². The van der Waals surface area contributed by atoms with Crippen LogP contribution in [0.15, 0.2) is 29.1 Å². The molecule has 6 nitrogen and oxygen atoms in total. The van der Waals surface area contributed by atoms with Gasteiger partial charge in [0, 0.05) is 24.6 Å². The van der Waals surface area contributed by atoms with Crippen molar-refractivity contribution in [3.05, 3.63) is 55.5 Å². The summed E-state index contributed by atoms with van der Waals surface area (Å²) in [4.78, 5) is 27.8. The van der Waals surface area contributed by atoms with Crippen LogP contribution in [0.2, 0.25) is 5.02 Å². The van der Waals surface area contributed by atoms with E-state index >= 15 is 0 Å². The van der Waals surface area contributed by atoms with Crippen molar-refractivity contribution in [1.29, 1.82) is 0 Å². The van der Waals surface area contributed by atoms with E-state index in [2.05, 4.69) is 4.98 Å². The third-order valence-corrected chi connectivity index (χ3v) is 3.57. The third kappa shape index (κ3) is 3.12. The van der Waals surface area contributed by atoms with Gasteiger partial charge in [-0.3, -0.25) is 14.9 Å². The molecule has 0 atom stereocenters. The van der Waals surface area contributed by atoms with Gasteiger partial charge in [0.05, 0.1) is 33.3 Å². The first-order chi connectivity index (χ1) is 9.49. The van der Waals surface area contributed by atoms with Crippen LogP contribution >= 0.6 is 22.9 Å². The van der Waals surface area contributed by atoms with Crippen molar-refractivity contribution in [2.75, 3.05) is 7.05 Å². The average molecular weight is 312 g/mol. The molecule has 0 spiro atoms. The van der Waals surface area contributed by atoms with Gasteiger partial charge in [-0.1, -0.05) is 11.6 Å². The fraction of sp³-hybridized carbons (Fsp3) is 0.167. The van der Waals surface area contributed by atoms with Crippen LogP contribution < -0.4 is 0 Å². The molecule has 0 aliphatic heterocycles. The van der Waals surface area contributed by atoms with E-state index in [4.69, 9.17) is 11.6 Å². The lowest BCUT2D eigenvalue weighted by molar-refractivity contribution is -0.384. The summed E-state index contributed by atoms with van der Waals surface area (Å²) in [6, 6.07) is 3.79. The number of benzene rings is 1. The number of carbonyl (C=O) groups excluding carboxylic acids is 1. The van der Waals surface area contributed by atoms with Gasteiger partial charge in [-0.25, -0.2) is 4.98 Å². The van der Waals surface area contributed by atoms with Crippen LogP contribution in [0.5, 0.6) is 0 Å². The first kappa shape index (κ1) is 14.4. The second-order valence-electron chi connectivity index (χ2n) is 4.06. The van der Waals surface area contributed by atoms with Crippen LogP contribution in [0.25, 0.3) is 0 Å². The highest BCUT2D eigenvalue weighted by atomic mass is 35.5. The number of halogens is 1. The molecule has 0 radical (unpaired) electrons. The van der Waals surface area contributed by atoms with Gasteiger partial charge < -0.3 is 4.90 Å². The molecule has 0 unspecified atom stereocenters. The average Bonchev–Trinajstić information content (AvgIpc) is 2.90. The number of thiazole rings is 1. The lowest BCUT2D eigenvalue weighted by atomic mass is 10.2. The van der Waals surface area contributed by atoms with E-state index in [1.54, 1.807) is 12.6 Å². The molecule has 0 saturated carbocycles. The number of amides is 1. The second kappa shape index (κ2) is 5.98. The topological polar surface area (TPSA) is 76.3 Å². The number of hydrogen-bond donors (Lipinski definition) is 0. The number of nitro benzene ring substituents is 1. The minimum absolute atomic E-state index is 0.0642. The minimum atomic E-state index is -0.556. The number of rotatable bonds is 4. The van der Waals surface area contributed by atoms with Gasteiger partial charge in [-0.2, -0.15) is 0 Å². The van der Waals surface area contributed by atoms with Gasteiger partial charge >= 0.3 is 0 Å². The molecule has 1 amide bonds. The van der Waals surface area contributed by atoms with Gasteiger partial charge in [0.2, 0.25) is 0 Å². The van der Waals surface area contributed by atoms with E-state index in [1.165, 1.54) is 34.4 Å². The van der Waals surface area contributed by atoms with E-state index < -0.39 is 4.92 Å². The van der Waals surface area contributed by atoms with Crippen LogP contribution in [0.3, 0.4) is 0 Å². The Morgan fingerprint density at radius 2 is 2.30 bits per heavy atom. The number of non-ortho nitro benzene ring substituents is 1. The molecule has 0 bridgehead atoms. The molecule has 2 aromatic rings. The largest absolute Gasteiger partial charge is 0.336 e. The van der Waals surface area contributed by atoms with Crippen LogP contribution in [0.1, 0.15) is 16.1 Å². The van der Waals surface area contributed by atoms with E-state index in [0.717, 1.165) is 5.69 Å². The monoisotopic (exact) mass is 311 g/mol. The maximum Gasteiger partial charge on any atom is 0.270 e. The molecule has 1 aromatic heterocycles. The summed E-state index contributed by atoms with van der Waals surface area (Å²) in [6.07, 6.45) is 0. The maximum absolute atomic E-state index is 12.2. The standard InChI is InChI=1S/C12H10ClN3O3S/c1-15(5-8-6-20-7-14-8)12(17)10-3-2-9(16(18)19)4-11(10)13/h2-4,6-7H,5H2,1H3. The molecule has 0 saturated heterocycles. The zero-order valence-electron chi connectivity index (χ0n) is 10.4. The highest BCUT2D eigenvalue weighted by molar-refractivity contribution is 7.07. The first-order valence-corrected chi connectivity index (χ1v) is 6.87. The number of hydrogen-bond acceptors (Lipinski definition) is 5. The Balaban J connectivity index is 2.18. The Morgan fingerprint density at radius 3 is 2.85 bits per heavy atom. The predicted octanol–water partition coefficient (Wildman–Crippen LogP) is 2.98. The molecule has 0 aliphatic carbocycles. The molecule has 1 aromatic carbocycles. The van der Waals surface area contributed by atoms with E-state index in [1.807, 2.05) is 5.38 Å². The van der Waals surface area contributed by atoms with Crippen LogP contribution in [-0.2, 0) is 6.54 Å². The first-order valence-electron chi connectivity index (χ1n) is 5.55. The van der Waals surface area contributed by atoms with Crippen molar-refractivity contribution in [3.63, 3.8) is 0 Å². The fourth-order valence-corrected chi connectivity index (χ4v) is 2.43. The highest BCUT2D eigenvalue weighted by Crippen LogP contribution is 2.23. The molecular formula is C12H10ClN3O3S. The predicted molar refractivity (Wildman–Crippen MR) is 76.0 cm³/mol. The lowest BCUT2D eigenvalue weighted by Crippen LogP contribution is -2.26. The summed E-state index contributed by atoms with van der Waals surface area (Å²) in [6.45, 7) is 0.357. The second-order valence-corrected chi connectivity index (χ2v) is 5.19. The highest BCUT2D eigenvalue weighted by Gasteiger charge is 2.18. The fourth-order valence-electron chi connectivity index (χ4n) is 1.63. The SMILES string of the molecule is CN(Cc1cscn1)C(=O)c1ccc([N+](=O)[O-])cc1Cl. The molecule has 0 aliphatic rings. The summed E-state index contributed by atoms with van der Waals surface area (Å²) in [5.74, 6) is -0.308. The van der Waals surface area contributed by atoms with Crippen molar-refractivity contribution in [1.82, 2.24) is 9.88 Å². The van der Waals surface area contributed by atoms with Crippen LogP contribution in [0, 0.1) is 10.1 Å². The Morgan fingerprint density at radius 1 is 1.55 bits per heavy atom. The summed E-state index contributed by atoms with van der Waals surface area (Å²) < 4.78 is 0.